The van der Waals surface area contributed by atoms with E-state index < -0.39 is 5.41 Å². The maximum Gasteiger partial charge on any atom is 0.0754 e. The van der Waals surface area contributed by atoms with Crippen molar-refractivity contribution in [2.45, 2.75) is 5.41 Å². The normalized spacial score (nSPS) is 13.9. The van der Waals surface area contributed by atoms with Crippen LogP contribution in [0.5, 0.6) is 0 Å². The quantitative estimate of drug-likeness (QED) is 0.205. The zero-order valence-corrected chi connectivity index (χ0v) is 24.4. The summed E-state index contributed by atoms with van der Waals surface area (Å²) in [5.41, 5.74) is 14.4. The highest BCUT2D eigenvalue weighted by atomic mass is 15.2. The Balaban J connectivity index is 1.38. The number of hydrogen-bond donors (Lipinski definition) is 0. The number of benzene rings is 6. The summed E-state index contributed by atoms with van der Waals surface area (Å²) in [4.78, 5) is 6.92. The fourth-order valence-corrected chi connectivity index (χ4v) is 8.18. The van der Waals surface area contributed by atoms with Crippen molar-refractivity contribution in [2.24, 2.45) is 0 Å². The maximum atomic E-state index is 4.49. The second kappa shape index (κ2) is 9.04. The maximum absolute atomic E-state index is 4.49. The second-order valence-corrected chi connectivity index (χ2v) is 12.0. The van der Waals surface area contributed by atoms with Crippen molar-refractivity contribution in [1.82, 2.24) is 9.55 Å². The first kappa shape index (κ1) is 24.5. The molecule has 3 heterocycles. The predicted octanol–water partition coefficient (Wildman–Crippen LogP) is 10.3. The molecular formula is C42H27N3. The molecule has 0 atom stereocenters. The van der Waals surface area contributed by atoms with Crippen molar-refractivity contribution in [3.8, 4) is 16.8 Å². The Morgan fingerprint density at radius 3 is 1.84 bits per heavy atom. The molecule has 0 unspecified atom stereocenters. The zero-order chi connectivity index (χ0) is 29.5. The van der Waals surface area contributed by atoms with E-state index in [1.54, 1.807) is 0 Å². The molecule has 2 aliphatic rings. The standard InChI is InChI=1S/C42H27N3/c1-2-13-28(14-3-1)44-39-22-10-7-19-35(39)42(36-20-8-11-23-40(36)44)34-18-6-4-16-30(34)32-26-41-33(25-37(32)42)31-17-5-9-21-38(31)45(41)29-15-12-24-43-27-29/h1-27H. The highest BCUT2D eigenvalue weighted by molar-refractivity contribution is 6.12. The summed E-state index contributed by atoms with van der Waals surface area (Å²) in [6.45, 7) is 0. The SMILES string of the molecule is c1ccc(N2c3ccccc3C3(c4ccccc4-c4cc5c(cc43)c3ccccc3n5-c3cccnc3)c3ccccc32)cc1. The molecule has 1 aliphatic carbocycles. The monoisotopic (exact) mass is 573 g/mol. The van der Waals surface area contributed by atoms with Crippen LogP contribution < -0.4 is 4.90 Å². The van der Waals surface area contributed by atoms with E-state index in [1.807, 2.05) is 18.5 Å². The van der Waals surface area contributed by atoms with Crippen LogP contribution in [0.2, 0.25) is 0 Å². The third kappa shape index (κ3) is 3.12. The van der Waals surface area contributed by atoms with E-state index in [1.165, 1.54) is 66.6 Å². The van der Waals surface area contributed by atoms with E-state index >= 15 is 0 Å². The molecule has 8 aromatic rings. The van der Waals surface area contributed by atoms with E-state index in [2.05, 4.69) is 160 Å². The first-order valence-corrected chi connectivity index (χ1v) is 15.5. The molecule has 0 fully saturated rings. The van der Waals surface area contributed by atoms with Crippen LogP contribution in [0.15, 0.2) is 164 Å². The van der Waals surface area contributed by atoms with Gasteiger partial charge in [-0.1, -0.05) is 97.1 Å². The molecule has 210 valence electrons. The van der Waals surface area contributed by atoms with Crippen LogP contribution in [0, 0.1) is 0 Å². The Bertz CT molecular complexity index is 2390. The molecule has 45 heavy (non-hydrogen) atoms. The fourth-order valence-electron chi connectivity index (χ4n) is 8.18. The second-order valence-electron chi connectivity index (χ2n) is 12.0. The minimum atomic E-state index is -0.476. The number of para-hydroxylation sites is 4. The molecule has 3 heteroatoms. The van der Waals surface area contributed by atoms with Gasteiger partial charge >= 0.3 is 0 Å². The number of anilines is 3. The summed E-state index contributed by atoms with van der Waals surface area (Å²) in [6, 6.07) is 55.6. The van der Waals surface area contributed by atoms with Crippen molar-refractivity contribution in [3.63, 3.8) is 0 Å². The summed E-state index contributed by atoms with van der Waals surface area (Å²) < 4.78 is 2.37. The minimum Gasteiger partial charge on any atom is -0.310 e. The number of hydrogen-bond acceptors (Lipinski definition) is 2. The number of nitrogens with zero attached hydrogens (tertiary/aromatic N) is 3. The fraction of sp³-hybridized carbons (Fsp3) is 0.0238. The van der Waals surface area contributed by atoms with E-state index in [0.29, 0.717) is 0 Å². The van der Waals surface area contributed by atoms with Crippen LogP contribution in [0.1, 0.15) is 22.3 Å². The van der Waals surface area contributed by atoms with Crippen molar-refractivity contribution in [1.29, 1.82) is 0 Å². The van der Waals surface area contributed by atoms with Gasteiger partial charge in [-0.2, -0.15) is 0 Å². The van der Waals surface area contributed by atoms with Crippen LogP contribution in [-0.4, -0.2) is 9.55 Å². The molecule has 0 amide bonds. The van der Waals surface area contributed by atoms with Crippen molar-refractivity contribution < 1.29 is 0 Å². The van der Waals surface area contributed by atoms with Gasteiger partial charge in [0.15, 0.2) is 0 Å². The van der Waals surface area contributed by atoms with Gasteiger partial charge in [0.2, 0.25) is 0 Å². The minimum absolute atomic E-state index is 0.476. The highest BCUT2D eigenvalue weighted by Gasteiger charge is 2.51. The average Bonchev–Trinajstić information content (AvgIpc) is 3.59. The Hall–Kier alpha value is -5.93. The van der Waals surface area contributed by atoms with E-state index in [9.17, 15) is 0 Å². The van der Waals surface area contributed by atoms with Gasteiger partial charge in [0.25, 0.3) is 0 Å². The molecule has 0 saturated carbocycles. The first-order chi connectivity index (χ1) is 22.4. The number of aromatic nitrogens is 2. The Labute approximate surface area is 261 Å². The molecule has 0 N–H and O–H groups in total. The van der Waals surface area contributed by atoms with Gasteiger partial charge < -0.3 is 9.47 Å². The number of pyridine rings is 1. The van der Waals surface area contributed by atoms with Crippen molar-refractivity contribution in [3.05, 3.63) is 186 Å². The van der Waals surface area contributed by atoms with E-state index in [4.69, 9.17) is 0 Å². The largest absolute Gasteiger partial charge is 0.310 e. The lowest BCUT2D eigenvalue weighted by Crippen LogP contribution is -2.36. The van der Waals surface area contributed by atoms with Crippen LogP contribution in [0.25, 0.3) is 38.6 Å². The van der Waals surface area contributed by atoms with E-state index in [-0.39, 0.29) is 0 Å². The molecule has 1 spiro atoms. The van der Waals surface area contributed by atoms with Crippen LogP contribution >= 0.6 is 0 Å². The van der Waals surface area contributed by atoms with Gasteiger partial charge in [0, 0.05) is 22.7 Å². The average molecular weight is 574 g/mol. The van der Waals surface area contributed by atoms with Crippen LogP contribution in [0.3, 0.4) is 0 Å². The molecule has 0 radical (unpaired) electrons. The third-order valence-electron chi connectivity index (χ3n) is 9.85. The van der Waals surface area contributed by atoms with Gasteiger partial charge in [-0.05, 0) is 88.0 Å². The zero-order valence-electron chi connectivity index (χ0n) is 24.4. The summed E-state index contributed by atoms with van der Waals surface area (Å²) >= 11 is 0. The lowest BCUT2D eigenvalue weighted by atomic mass is 9.64. The topological polar surface area (TPSA) is 21.1 Å². The lowest BCUT2D eigenvalue weighted by Gasteiger charge is -2.45. The molecular weight excluding hydrogens is 546 g/mol. The number of rotatable bonds is 2. The Morgan fingerprint density at radius 1 is 0.444 bits per heavy atom. The summed E-state index contributed by atoms with van der Waals surface area (Å²) in [6.07, 6.45) is 3.80. The third-order valence-corrected chi connectivity index (χ3v) is 9.85. The van der Waals surface area contributed by atoms with Crippen molar-refractivity contribution >= 4 is 38.9 Å². The molecule has 0 saturated heterocycles. The smallest absolute Gasteiger partial charge is 0.0754 e. The molecule has 10 rings (SSSR count). The molecule has 1 aliphatic heterocycles. The van der Waals surface area contributed by atoms with Gasteiger partial charge in [-0.25, -0.2) is 0 Å². The van der Waals surface area contributed by atoms with Crippen LogP contribution in [0.4, 0.5) is 17.1 Å². The Morgan fingerprint density at radius 2 is 1.09 bits per heavy atom. The summed E-state index contributed by atoms with van der Waals surface area (Å²) in [5, 5.41) is 2.49. The predicted molar refractivity (Wildman–Crippen MR) is 184 cm³/mol. The molecule has 6 aromatic carbocycles. The van der Waals surface area contributed by atoms with Gasteiger partial charge in [0.05, 0.1) is 39.7 Å². The van der Waals surface area contributed by atoms with Gasteiger partial charge in [-0.3, -0.25) is 4.98 Å². The van der Waals surface area contributed by atoms with Crippen LogP contribution in [-0.2, 0) is 5.41 Å². The Kier molecular flexibility index (Phi) is 4.92. The highest BCUT2D eigenvalue weighted by Crippen LogP contribution is 2.63. The molecule has 2 aromatic heterocycles. The summed E-state index contributed by atoms with van der Waals surface area (Å²) in [7, 11) is 0. The van der Waals surface area contributed by atoms with Gasteiger partial charge in [0.1, 0.15) is 0 Å². The van der Waals surface area contributed by atoms with Gasteiger partial charge in [-0.15, -0.1) is 0 Å². The summed E-state index contributed by atoms with van der Waals surface area (Å²) in [5.74, 6) is 0. The molecule has 0 bridgehead atoms. The lowest BCUT2D eigenvalue weighted by molar-refractivity contribution is 0.753. The first-order valence-electron chi connectivity index (χ1n) is 15.5. The van der Waals surface area contributed by atoms with Crippen molar-refractivity contribution in [2.75, 3.05) is 4.90 Å². The van der Waals surface area contributed by atoms with E-state index in [0.717, 1.165) is 11.4 Å². The molecule has 3 nitrogen and oxygen atoms in total. The number of fused-ring (bicyclic) bond motifs is 12.